The Labute approximate surface area is 249 Å². The second-order valence-corrected chi connectivity index (χ2v) is 12.6. The molecule has 9 nitrogen and oxygen atoms in total. The third-order valence-electron chi connectivity index (χ3n) is 5.96. The number of aromatic nitrogens is 2. The molecule has 13 heteroatoms. The highest BCUT2D eigenvalue weighted by Gasteiger charge is 2.33. The third kappa shape index (κ3) is 6.33. The number of anilines is 2. The highest BCUT2D eigenvalue weighted by atomic mass is 79.9. The lowest BCUT2D eigenvalue weighted by atomic mass is 10.2. The van der Waals surface area contributed by atoms with Crippen LogP contribution in [0.2, 0.25) is 10.0 Å². The minimum absolute atomic E-state index is 0.0139. The van der Waals surface area contributed by atoms with Crippen molar-refractivity contribution in [1.29, 1.82) is 0 Å². The first-order chi connectivity index (χ1) is 18.9. The second-order valence-electron chi connectivity index (χ2n) is 8.82. The maximum atomic E-state index is 13.1. The number of aryl methyl sites for hydroxylation is 1. The monoisotopic (exact) mass is 664 g/mol. The molecular weight excluding hydrogens is 643 g/mol. The number of phenolic OH excluding ortho intramolecular Hbond substituents is 1. The van der Waals surface area contributed by atoms with Gasteiger partial charge in [0.1, 0.15) is 11.0 Å². The number of carbonyl (C=O) groups excluding carboxylic acids is 2. The van der Waals surface area contributed by atoms with Crippen molar-refractivity contribution in [3.05, 3.63) is 92.6 Å². The van der Waals surface area contributed by atoms with Crippen molar-refractivity contribution in [3.8, 4) is 11.4 Å². The normalized spacial score (nSPS) is 12.1. The first kappa shape index (κ1) is 29.6. The number of hydrogen-bond donors (Lipinski definition) is 3. The number of benzene rings is 3. The number of sulfone groups is 1. The molecule has 4 rings (SSSR count). The van der Waals surface area contributed by atoms with Gasteiger partial charge in [0.25, 0.3) is 5.91 Å². The molecular formula is C27H23BrCl2N4O5S. The molecule has 1 atom stereocenters. The van der Waals surface area contributed by atoms with Gasteiger partial charge in [0.2, 0.25) is 5.91 Å². The summed E-state index contributed by atoms with van der Waals surface area (Å²) in [5.74, 6) is -1.77. The lowest BCUT2D eigenvalue weighted by molar-refractivity contribution is -0.115. The zero-order valence-corrected chi connectivity index (χ0v) is 25.1. The molecule has 1 unspecified atom stereocenters. The van der Waals surface area contributed by atoms with Crippen LogP contribution in [0, 0.1) is 6.92 Å². The number of nitrogens with one attached hydrogen (secondary N) is 2. The Morgan fingerprint density at radius 2 is 1.80 bits per heavy atom. The van der Waals surface area contributed by atoms with Gasteiger partial charge < -0.3 is 15.7 Å². The maximum absolute atomic E-state index is 13.1. The number of amides is 2. The summed E-state index contributed by atoms with van der Waals surface area (Å²) in [7, 11) is -3.99. The summed E-state index contributed by atoms with van der Waals surface area (Å²) in [5.41, 5.74) is 1.53. The van der Waals surface area contributed by atoms with E-state index in [0.717, 1.165) is 11.6 Å². The first-order valence-corrected chi connectivity index (χ1v) is 15.0. The Bertz CT molecular complexity index is 1730. The van der Waals surface area contributed by atoms with Crippen molar-refractivity contribution in [1.82, 2.24) is 9.78 Å². The van der Waals surface area contributed by atoms with Crippen LogP contribution in [0.25, 0.3) is 5.69 Å². The molecule has 0 aliphatic rings. The van der Waals surface area contributed by atoms with Crippen LogP contribution in [-0.2, 0) is 14.6 Å². The molecule has 208 valence electrons. The molecule has 4 aromatic rings. The van der Waals surface area contributed by atoms with E-state index in [4.69, 9.17) is 23.2 Å². The lowest BCUT2D eigenvalue weighted by Gasteiger charge is -2.18. The van der Waals surface area contributed by atoms with E-state index in [-0.39, 0.29) is 33.3 Å². The van der Waals surface area contributed by atoms with Crippen molar-refractivity contribution in [2.24, 2.45) is 0 Å². The predicted molar refractivity (Wildman–Crippen MR) is 158 cm³/mol. The summed E-state index contributed by atoms with van der Waals surface area (Å²) in [6, 6.07) is 13.9. The summed E-state index contributed by atoms with van der Waals surface area (Å²) in [4.78, 5) is 25.8. The Balaban J connectivity index is 1.50. The highest BCUT2D eigenvalue weighted by Crippen LogP contribution is 2.35. The van der Waals surface area contributed by atoms with Gasteiger partial charge in [0, 0.05) is 16.7 Å². The summed E-state index contributed by atoms with van der Waals surface area (Å²) < 4.78 is 28.4. The van der Waals surface area contributed by atoms with Gasteiger partial charge in [-0.2, -0.15) is 5.10 Å². The number of nitrogens with zero attached hydrogens (tertiary/aromatic N) is 2. The van der Waals surface area contributed by atoms with Gasteiger partial charge in [-0.05, 0) is 71.2 Å². The summed E-state index contributed by atoms with van der Waals surface area (Å²) in [6.45, 7) is 3.34. The van der Waals surface area contributed by atoms with Gasteiger partial charge in [0.15, 0.2) is 9.84 Å². The fourth-order valence-corrected chi connectivity index (χ4v) is 6.24. The standard InChI is InChI=1S/C27H23BrCl2N4O5S/c1-3-25(40(38,39)18-6-4-5-15(2)9-18)27(37)32-22-12-24(35)23(11-21(22)30)33-26(36)16-13-31-34(14-16)17-7-8-19(28)20(29)10-17/h4-14,25,35H,3H2,1-2H3,(H,32,37)(H,33,36). The van der Waals surface area contributed by atoms with Crippen LogP contribution in [0.5, 0.6) is 5.75 Å². The molecule has 0 saturated carbocycles. The van der Waals surface area contributed by atoms with E-state index in [1.807, 2.05) is 0 Å². The first-order valence-electron chi connectivity index (χ1n) is 11.9. The molecule has 1 aromatic heterocycles. The van der Waals surface area contributed by atoms with E-state index >= 15 is 0 Å². The third-order valence-corrected chi connectivity index (χ3v) is 9.71. The van der Waals surface area contributed by atoms with Gasteiger partial charge in [-0.15, -0.1) is 0 Å². The molecule has 1 heterocycles. The molecule has 0 aliphatic heterocycles. The summed E-state index contributed by atoms with van der Waals surface area (Å²) >= 11 is 15.8. The van der Waals surface area contributed by atoms with Gasteiger partial charge >= 0.3 is 0 Å². The van der Waals surface area contributed by atoms with E-state index in [2.05, 4.69) is 31.7 Å². The number of rotatable bonds is 8. The van der Waals surface area contributed by atoms with Crippen LogP contribution < -0.4 is 10.6 Å². The van der Waals surface area contributed by atoms with E-state index in [9.17, 15) is 23.1 Å². The molecule has 40 heavy (non-hydrogen) atoms. The number of halogens is 3. The Hall–Kier alpha value is -3.38. The minimum Gasteiger partial charge on any atom is -0.506 e. The van der Waals surface area contributed by atoms with Crippen LogP contribution in [0.4, 0.5) is 11.4 Å². The number of phenols is 1. The van der Waals surface area contributed by atoms with Crippen LogP contribution in [0.3, 0.4) is 0 Å². The van der Waals surface area contributed by atoms with Crippen LogP contribution in [0.15, 0.2) is 76.4 Å². The summed E-state index contributed by atoms with van der Waals surface area (Å²) in [6.07, 6.45) is 2.85. The molecule has 0 radical (unpaired) electrons. The van der Waals surface area contributed by atoms with Crippen LogP contribution in [-0.4, -0.2) is 40.4 Å². The molecule has 3 aromatic carbocycles. The van der Waals surface area contributed by atoms with Crippen molar-refractivity contribution in [2.45, 2.75) is 30.4 Å². The SMILES string of the molecule is CCC(C(=O)Nc1cc(O)c(NC(=O)c2cnn(-c3ccc(Br)c(Cl)c3)c2)cc1Cl)S(=O)(=O)c1cccc(C)c1. The second kappa shape index (κ2) is 12.0. The molecule has 0 spiro atoms. The van der Waals surface area contributed by atoms with Crippen LogP contribution in [0.1, 0.15) is 29.3 Å². The maximum Gasteiger partial charge on any atom is 0.258 e. The number of hydrogen-bond acceptors (Lipinski definition) is 6. The average molecular weight is 666 g/mol. The summed E-state index contributed by atoms with van der Waals surface area (Å²) in [5, 5.41) is 18.8. The Kier molecular flexibility index (Phi) is 8.89. The smallest absolute Gasteiger partial charge is 0.258 e. The predicted octanol–water partition coefficient (Wildman–Crippen LogP) is 6.40. The van der Waals surface area contributed by atoms with Crippen molar-refractivity contribution in [2.75, 3.05) is 10.6 Å². The molecule has 0 aliphatic carbocycles. The van der Waals surface area contributed by atoms with Gasteiger partial charge in [-0.3, -0.25) is 9.59 Å². The van der Waals surface area contributed by atoms with Crippen LogP contribution >= 0.6 is 39.1 Å². The minimum atomic E-state index is -3.99. The zero-order chi connectivity index (χ0) is 29.2. The zero-order valence-electron chi connectivity index (χ0n) is 21.2. The van der Waals surface area contributed by atoms with Crippen molar-refractivity contribution in [3.63, 3.8) is 0 Å². The molecule has 0 bridgehead atoms. The fraction of sp³-hybridized carbons (Fsp3) is 0.148. The fourth-order valence-electron chi connectivity index (χ4n) is 3.88. The molecule has 2 amide bonds. The van der Waals surface area contributed by atoms with E-state index in [1.54, 1.807) is 44.2 Å². The lowest BCUT2D eigenvalue weighted by Crippen LogP contribution is -2.34. The van der Waals surface area contributed by atoms with Crippen molar-refractivity contribution >= 4 is 72.2 Å². The highest BCUT2D eigenvalue weighted by molar-refractivity contribution is 9.10. The topological polar surface area (TPSA) is 130 Å². The Morgan fingerprint density at radius 1 is 1.05 bits per heavy atom. The molecule has 0 fully saturated rings. The quantitative estimate of drug-likeness (QED) is 0.187. The molecule has 3 N–H and O–H groups in total. The molecule has 0 saturated heterocycles. The van der Waals surface area contributed by atoms with Crippen molar-refractivity contribution < 1.29 is 23.1 Å². The van der Waals surface area contributed by atoms with Gasteiger partial charge in [-0.1, -0.05) is 42.3 Å². The van der Waals surface area contributed by atoms with E-state index in [0.29, 0.717) is 15.2 Å². The average Bonchev–Trinajstić information content (AvgIpc) is 3.39. The van der Waals surface area contributed by atoms with Gasteiger partial charge in [-0.25, -0.2) is 13.1 Å². The largest absolute Gasteiger partial charge is 0.506 e. The van der Waals surface area contributed by atoms with E-state index < -0.39 is 32.7 Å². The number of carbonyl (C=O) groups is 2. The van der Waals surface area contributed by atoms with Gasteiger partial charge in [0.05, 0.1) is 43.8 Å². The Morgan fingerprint density at radius 3 is 2.48 bits per heavy atom. The van der Waals surface area contributed by atoms with E-state index in [1.165, 1.54) is 35.3 Å². The number of aromatic hydroxyl groups is 1.